The summed E-state index contributed by atoms with van der Waals surface area (Å²) in [6.07, 6.45) is 3.26. The molecule has 1 heterocycles. The Morgan fingerprint density at radius 2 is 1.85 bits per heavy atom. The quantitative estimate of drug-likeness (QED) is 0.456. The van der Waals surface area contributed by atoms with Gasteiger partial charge in [0.25, 0.3) is 5.91 Å². The van der Waals surface area contributed by atoms with Crippen LogP contribution in [0.15, 0.2) is 65.8 Å². The zero-order valence-corrected chi connectivity index (χ0v) is 19.7. The molecule has 0 aliphatic carbocycles. The zero-order chi connectivity index (χ0) is 24.7. The molecule has 1 aromatic heterocycles. The van der Waals surface area contributed by atoms with Crippen LogP contribution in [0.5, 0.6) is 0 Å². The number of carbonyl (C=O) groups excluding carboxylic acids is 2. The number of hydrogen-bond acceptors (Lipinski definition) is 5. The Kier molecular flexibility index (Phi) is 8.13. The molecular formula is C23H26FN5O4S. The molecule has 0 fully saturated rings. The van der Waals surface area contributed by atoms with Gasteiger partial charge in [-0.1, -0.05) is 26.0 Å². The Labute approximate surface area is 197 Å². The molecule has 0 spiro atoms. The minimum atomic E-state index is -4.06. The highest BCUT2D eigenvalue weighted by Crippen LogP contribution is 2.21. The summed E-state index contributed by atoms with van der Waals surface area (Å²) in [5, 5.41) is 9.44. The highest BCUT2D eigenvalue weighted by molar-refractivity contribution is 7.89. The van der Waals surface area contributed by atoms with Gasteiger partial charge in [0.05, 0.1) is 0 Å². The van der Waals surface area contributed by atoms with Crippen molar-refractivity contribution in [3.63, 3.8) is 0 Å². The van der Waals surface area contributed by atoms with Gasteiger partial charge in [0.1, 0.15) is 17.3 Å². The van der Waals surface area contributed by atoms with E-state index in [1.54, 1.807) is 56.6 Å². The summed E-state index contributed by atoms with van der Waals surface area (Å²) in [7, 11) is -4.06. The largest absolute Gasteiger partial charge is 0.348 e. The van der Waals surface area contributed by atoms with Crippen LogP contribution in [0.25, 0.3) is 0 Å². The molecule has 2 aromatic carbocycles. The summed E-state index contributed by atoms with van der Waals surface area (Å²) < 4.78 is 42.3. The molecule has 180 valence electrons. The molecule has 34 heavy (non-hydrogen) atoms. The van der Waals surface area contributed by atoms with Crippen LogP contribution >= 0.6 is 0 Å². The summed E-state index contributed by atoms with van der Waals surface area (Å²) in [5.74, 6) is -1.72. The Balaban J connectivity index is 1.67. The van der Waals surface area contributed by atoms with Crippen molar-refractivity contribution < 1.29 is 22.4 Å². The molecule has 2 N–H and O–H groups in total. The van der Waals surface area contributed by atoms with Gasteiger partial charge in [-0.2, -0.15) is 9.40 Å². The molecule has 0 saturated carbocycles. The number of rotatable bonds is 10. The molecule has 0 unspecified atom stereocenters. The normalized spacial score (nSPS) is 11.4. The van der Waals surface area contributed by atoms with E-state index in [0.717, 1.165) is 16.4 Å². The number of aromatic nitrogens is 2. The maximum Gasteiger partial charge on any atom is 0.251 e. The molecule has 0 saturated heterocycles. The van der Waals surface area contributed by atoms with E-state index in [1.165, 1.54) is 10.7 Å². The van der Waals surface area contributed by atoms with Crippen molar-refractivity contribution in [2.75, 3.05) is 18.4 Å². The number of anilines is 1. The van der Waals surface area contributed by atoms with Crippen LogP contribution in [0, 0.1) is 5.82 Å². The molecule has 3 rings (SSSR count). The molecule has 0 bridgehead atoms. The minimum absolute atomic E-state index is 0.0239. The zero-order valence-electron chi connectivity index (χ0n) is 18.9. The fraction of sp³-hybridized carbons (Fsp3) is 0.261. The fourth-order valence-corrected chi connectivity index (χ4v) is 4.88. The van der Waals surface area contributed by atoms with Crippen LogP contribution in [0.4, 0.5) is 10.1 Å². The number of amides is 2. The van der Waals surface area contributed by atoms with E-state index < -0.39 is 26.6 Å². The van der Waals surface area contributed by atoms with E-state index in [1.807, 2.05) is 0 Å². The van der Waals surface area contributed by atoms with E-state index >= 15 is 0 Å². The molecule has 0 radical (unpaired) electrons. The van der Waals surface area contributed by atoms with Crippen molar-refractivity contribution in [1.82, 2.24) is 19.4 Å². The Morgan fingerprint density at radius 1 is 1.09 bits per heavy atom. The van der Waals surface area contributed by atoms with Crippen LogP contribution in [-0.4, -0.2) is 47.4 Å². The lowest BCUT2D eigenvalue weighted by molar-refractivity contribution is -0.116. The van der Waals surface area contributed by atoms with Gasteiger partial charge in [-0.25, -0.2) is 12.8 Å². The topological polar surface area (TPSA) is 113 Å². The van der Waals surface area contributed by atoms with Crippen molar-refractivity contribution in [3.05, 3.63) is 77.9 Å². The number of carbonyl (C=O) groups is 2. The maximum absolute atomic E-state index is 14.3. The van der Waals surface area contributed by atoms with E-state index in [-0.39, 0.29) is 37.6 Å². The molecular weight excluding hydrogens is 461 g/mol. The van der Waals surface area contributed by atoms with Gasteiger partial charge in [0, 0.05) is 43.3 Å². The molecule has 0 aliphatic rings. The first-order valence-electron chi connectivity index (χ1n) is 10.7. The van der Waals surface area contributed by atoms with E-state index in [9.17, 15) is 22.4 Å². The molecule has 0 aliphatic heterocycles. The van der Waals surface area contributed by atoms with Crippen LogP contribution in [0.2, 0.25) is 0 Å². The number of benzene rings is 2. The second-order valence-corrected chi connectivity index (χ2v) is 9.28. The van der Waals surface area contributed by atoms with Crippen molar-refractivity contribution in [2.45, 2.75) is 31.8 Å². The summed E-state index contributed by atoms with van der Waals surface area (Å²) in [5.41, 5.74) is 1.29. The number of nitrogens with one attached hydrogen (secondary N) is 2. The third kappa shape index (κ3) is 6.06. The van der Waals surface area contributed by atoms with Crippen LogP contribution in [-0.2, 0) is 27.9 Å². The highest BCUT2D eigenvalue weighted by atomic mass is 32.2. The van der Waals surface area contributed by atoms with Gasteiger partial charge in [0.15, 0.2) is 0 Å². The van der Waals surface area contributed by atoms with Gasteiger partial charge in [0.2, 0.25) is 15.9 Å². The predicted molar refractivity (Wildman–Crippen MR) is 125 cm³/mol. The molecule has 11 heteroatoms. The minimum Gasteiger partial charge on any atom is -0.348 e. The Hall–Kier alpha value is -3.57. The van der Waals surface area contributed by atoms with E-state index in [0.29, 0.717) is 11.3 Å². The second kappa shape index (κ2) is 11.0. The number of sulfonamides is 1. The van der Waals surface area contributed by atoms with E-state index in [2.05, 4.69) is 15.7 Å². The van der Waals surface area contributed by atoms with Gasteiger partial charge >= 0.3 is 0 Å². The van der Waals surface area contributed by atoms with Crippen LogP contribution < -0.4 is 10.6 Å². The second-order valence-electron chi connectivity index (χ2n) is 7.37. The van der Waals surface area contributed by atoms with Gasteiger partial charge < -0.3 is 10.6 Å². The van der Waals surface area contributed by atoms with Crippen LogP contribution in [0.3, 0.4) is 0 Å². The number of nitrogens with zero attached hydrogens (tertiary/aromatic N) is 3. The van der Waals surface area contributed by atoms with Gasteiger partial charge in [-0.05, 0) is 42.0 Å². The highest BCUT2D eigenvalue weighted by Gasteiger charge is 2.26. The average Bonchev–Trinajstić information content (AvgIpc) is 3.31. The van der Waals surface area contributed by atoms with Gasteiger partial charge in [-0.15, -0.1) is 0 Å². The first-order chi connectivity index (χ1) is 16.2. The van der Waals surface area contributed by atoms with E-state index in [4.69, 9.17) is 0 Å². The summed E-state index contributed by atoms with van der Waals surface area (Å²) in [4.78, 5) is 24.2. The fourth-order valence-electron chi connectivity index (χ4n) is 3.33. The van der Waals surface area contributed by atoms with Crippen molar-refractivity contribution in [3.8, 4) is 0 Å². The Bertz CT molecular complexity index is 1260. The Morgan fingerprint density at radius 3 is 2.53 bits per heavy atom. The molecule has 9 nitrogen and oxygen atoms in total. The van der Waals surface area contributed by atoms with Crippen LogP contribution in [0.1, 0.15) is 29.8 Å². The summed E-state index contributed by atoms with van der Waals surface area (Å²) in [6.45, 7) is 3.87. The summed E-state index contributed by atoms with van der Waals surface area (Å²) >= 11 is 0. The lowest BCUT2D eigenvalue weighted by Crippen LogP contribution is -2.31. The first-order valence-corrected chi connectivity index (χ1v) is 12.1. The van der Waals surface area contributed by atoms with Crippen molar-refractivity contribution >= 4 is 27.5 Å². The predicted octanol–water partition coefficient (Wildman–Crippen LogP) is 2.62. The average molecular weight is 488 g/mol. The lowest BCUT2D eigenvalue weighted by atomic mass is 10.1. The van der Waals surface area contributed by atoms with Gasteiger partial charge in [-0.3, -0.25) is 14.3 Å². The lowest BCUT2D eigenvalue weighted by Gasteiger charge is -2.19. The third-order valence-electron chi connectivity index (χ3n) is 5.05. The summed E-state index contributed by atoms with van der Waals surface area (Å²) in [6, 6.07) is 11.9. The standard InChI is InChI=1S/C23H26FN5O4S/c1-3-29(4-2)34(32,33)21-14-18(9-10-20(21)24)23(31)25-15-17-7-5-8-19(13-17)27-22(30)16-28-12-6-11-26-28/h5-14H,3-4,15-16H2,1-2H3,(H,25,31)(H,27,30). The smallest absolute Gasteiger partial charge is 0.251 e. The maximum atomic E-state index is 14.3. The first kappa shape index (κ1) is 25.1. The SMILES string of the molecule is CCN(CC)S(=O)(=O)c1cc(C(=O)NCc2cccc(NC(=O)Cn3cccn3)c2)ccc1F. The number of halogens is 1. The molecule has 2 amide bonds. The number of hydrogen-bond donors (Lipinski definition) is 2. The molecule has 0 atom stereocenters. The monoisotopic (exact) mass is 487 g/mol. The molecule has 3 aromatic rings. The third-order valence-corrected chi connectivity index (χ3v) is 7.11. The van der Waals surface area contributed by atoms with Crippen molar-refractivity contribution in [2.24, 2.45) is 0 Å². The van der Waals surface area contributed by atoms with Crippen molar-refractivity contribution in [1.29, 1.82) is 0 Å².